The predicted molar refractivity (Wildman–Crippen MR) is 109 cm³/mol. The molecule has 1 saturated heterocycles. The Kier molecular flexibility index (Phi) is 6.00. The van der Waals surface area contributed by atoms with E-state index in [4.69, 9.17) is 4.74 Å². The molecule has 150 valence electrons. The highest BCUT2D eigenvalue weighted by atomic mass is 32.2. The van der Waals surface area contributed by atoms with E-state index in [1.165, 1.54) is 6.26 Å². The minimum atomic E-state index is -3.10. The van der Waals surface area contributed by atoms with Crippen LogP contribution in [0.3, 0.4) is 0 Å². The molecule has 2 aromatic rings. The number of nitrogens with one attached hydrogen (secondary N) is 1. The molecule has 3 rings (SSSR count). The number of carbonyl (C=O) groups excluding carboxylic acids is 1. The Bertz CT molecular complexity index is 917. The molecule has 1 N–H and O–H groups in total. The number of hydrogen-bond donors (Lipinski definition) is 1. The summed E-state index contributed by atoms with van der Waals surface area (Å²) in [5.74, 6) is 0.540. The van der Waals surface area contributed by atoms with E-state index in [1.807, 2.05) is 26.0 Å². The average Bonchev–Trinajstić information content (AvgIpc) is 2.60. The fourth-order valence-electron chi connectivity index (χ4n) is 3.27. The zero-order valence-electron chi connectivity index (χ0n) is 16.3. The number of carbonyl (C=O) groups is 1. The van der Waals surface area contributed by atoms with Gasteiger partial charge in [0.15, 0.2) is 9.84 Å². The van der Waals surface area contributed by atoms with Gasteiger partial charge in [-0.25, -0.2) is 13.4 Å². The molecule has 2 unspecified atom stereocenters. The van der Waals surface area contributed by atoms with Crippen LogP contribution in [0.4, 0.5) is 11.5 Å². The van der Waals surface area contributed by atoms with Crippen molar-refractivity contribution in [3.63, 3.8) is 0 Å². The molecule has 28 heavy (non-hydrogen) atoms. The number of benzene rings is 1. The zero-order valence-corrected chi connectivity index (χ0v) is 17.1. The summed E-state index contributed by atoms with van der Waals surface area (Å²) in [7, 11) is -3.10. The van der Waals surface area contributed by atoms with E-state index in [0.717, 1.165) is 18.9 Å². The summed E-state index contributed by atoms with van der Waals surface area (Å²) in [4.78, 5) is 19.0. The van der Waals surface area contributed by atoms with Crippen molar-refractivity contribution in [2.24, 2.45) is 0 Å². The van der Waals surface area contributed by atoms with Crippen molar-refractivity contribution >= 4 is 27.2 Å². The van der Waals surface area contributed by atoms with Crippen LogP contribution in [0.2, 0.25) is 0 Å². The number of nitrogens with zero attached hydrogens (tertiary/aromatic N) is 2. The first kappa shape index (κ1) is 20.3. The third-order valence-electron chi connectivity index (χ3n) is 4.39. The van der Waals surface area contributed by atoms with Gasteiger partial charge in [0, 0.05) is 24.9 Å². The van der Waals surface area contributed by atoms with Crippen LogP contribution in [0.1, 0.15) is 29.8 Å². The fraction of sp³-hybridized carbons (Fsp3) is 0.400. The predicted octanol–water partition coefficient (Wildman–Crippen LogP) is 2.49. The minimum Gasteiger partial charge on any atom is -0.372 e. The van der Waals surface area contributed by atoms with Gasteiger partial charge in [-0.3, -0.25) is 4.79 Å². The van der Waals surface area contributed by atoms with Crippen molar-refractivity contribution in [1.29, 1.82) is 0 Å². The highest BCUT2D eigenvalue weighted by Crippen LogP contribution is 2.20. The summed E-state index contributed by atoms with van der Waals surface area (Å²) < 4.78 is 28.4. The molecule has 2 atom stereocenters. The summed E-state index contributed by atoms with van der Waals surface area (Å²) in [6.07, 6.45) is 3.12. The fourth-order valence-corrected chi connectivity index (χ4v) is 4.07. The van der Waals surface area contributed by atoms with Gasteiger partial charge in [-0.05, 0) is 43.7 Å². The van der Waals surface area contributed by atoms with Crippen molar-refractivity contribution in [3.8, 4) is 0 Å². The Labute approximate surface area is 165 Å². The average molecular weight is 404 g/mol. The van der Waals surface area contributed by atoms with Crippen LogP contribution in [0.25, 0.3) is 0 Å². The van der Waals surface area contributed by atoms with Gasteiger partial charge in [0.1, 0.15) is 5.82 Å². The Morgan fingerprint density at radius 3 is 2.32 bits per heavy atom. The second kappa shape index (κ2) is 8.28. The maximum Gasteiger partial charge on any atom is 0.255 e. The number of pyridine rings is 1. The second-order valence-corrected chi connectivity index (χ2v) is 9.43. The molecule has 2 heterocycles. The van der Waals surface area contributed by atoms with Crippen LogP contribution < -0.4 is 10.2 Å². The van der Waals surface area contributed by atoms with E-state index >= 15 is 0 Å². The van der Waals surface area contributed by atoms with E-state index in [1.54, 1.807) is 30.5 Å². The molecule has 0 saturated carbocycles. The molecule has 0 bridgehead atoms. The van der Waals surface area contributed by atoms with Crippen LogP contribution in [0.15, 0.2) is 42.6 Å². The Hall–Kier alpha value is -2.45. The van der Waals surface area contributed by atoms with Crippen molar-refractivity contribution < 1.29 is 17.9 Å². The van der Waals surface area contributed by atoms with Crippen LogP contribution in [0, 0.1) is 0 Å². The van der Waals surface area contributed by atoms with E-state index in [9.17, 15) is 13.2 Å². The van der Waals surface area contributed by atoms with Gasteiger partial charge < -0.3 is 15.0 Å². The molecule has 0 aliphatic carbocycles. The van der Waals surface area contributed by atoms with Crippen molar-refractivity contribution in [2.45, 2.75) is 31.8 Å². The van der Waals surface area contributed by atoms with Crippen molar-refractivity contribution in [2.75, 3.05) is 29.6 Å². The number of aromatic nitrogens is 1. The van der Waals surface area contributed by atoms with Gasteiger partial charge in [0.05, 0.1) is 29.8 Å². The molecule has 8 heteroatoms. The summed E-state index contributed by atoms with van der Waals surface area (Å²) in [5.41, 5.74) is 1.71. The third kappa shape index (κ3) is 5.53. The lowest BCUT2D eigenvalue weighted by molar-refractivity contribution is -0.00545. The molecule has 1 fully saturated rings. The molecule has 1 amide bonds. The first-order valence-corrected chi connectivity index (χ1v) is 11.2. The van der Waals surface area contributed by atoms with Gasteiger partial charge in [-0.15, -0.1) is 0 Å². The normalized spacial score (nSPS) is 20.0. The lowest BCUT2D eigenvalue weighted by atomic mass is 10.1. The lowest BCUT2D eigenvalue weighted by Gasteiger charge is -2.36. The Morgan fingerprint density at radius 2 is 1.79 bits per heavy atom. The standard InChI is InChI=1S/C20H25N3O4S/c1-14-11-23(12-15(2)27-14)19-9-8-18(10-21-19)22-20(24)17-6-4-16(5-7-17)13-28(3,25)26/h4-10,14-15H,11-13H2,1-3H3,(H,22,24). The van der Waals surface area contributed by atoms with Crippen molar-refractivity contribution in [3.05, 3.63) is 53.7 Å². The summed E-state index contributed by atoms with van der Waals surface area (Å²) >= 11 is 0. The first-order chi connectivity index (χ1) is 13.2. The quantitative estimate of drug-likeness (QED) is 0.825. The molecule has 0 spiro atoms. The van der Waals surface area contributed by atoms with E-state index in [2.05, 4.69) is 15.2 Å². The summed E-state index contributed by atoms with van der Waals surface area (Å²) in [5, 5.41) is 2.81. The monoisotopic (exact) mass is 403 g/mol. The zero-order chi connectivity index (χ0) is 20.3. The maximum atomic E-state index is 12.4. The van der Waals surface area contributed by atoms with Crippen LogP contribution >= 0.6 is 0 Å². The largest absolute Gasteiger partial charge is 0.372 e. The van der Waals surface area contributed by atoms with Gasteiger partial charge in [0.2, 0.25) is 0 Å². The molecule has 1 aliphatic rings. The molecule has 0 radical (unpaired) electrons. The number of morpholine rings is 1. The SMILES string of the molecule is CC1CN(c2ccc(NC(=O)c3ccc(CS(C)(=O)=O)cc3)cn2)CC(C)O1. The highest BCUT2D eigenvalue weighted by Gasteiger charge is 2.23. The van der Waals surface area contributed by atoms with Crippen LogP contribution in [-0.2, 0) is 20.3 Å². The number of amides is 1. The van der Waals surface area contributed by atoms with Crippen molar-refractivity contribution in [1.82, 2.24) is 4.98 Å². The highest BCUT2D eigenvalue weighted by molar-refractivity contribution is 7.89. The van der Waals surface area contributed by atoms with Gasteiger partial charge >= 0.3 is 0 Å². The number of hydrogen-bond acceptors (Lipinski definition) is 6. The molecule has 1 aliphatic heterocycles. The molecule has 1 aromatic heterocycles. The Balaban J connectivity index is 1.63. The van der Waals surface area contributed by atoms with E-state index < -0.39 is 9.84 Å². The molecular weight excluding hydrogens is 378 g/mol. The Morgan fingerprint density at radius 1 is 1.14 bits per heavy atom. The first-order valence-electron chi connectivity index (χ1n) is 9.14. The molecule has 7 nitrogen and oxygen atoms in total. The topological polar surface area (TPSA) is 88.6 Å². The molecule has 1 aromatic carbocycles. The maximum absolute atomic E-state index is 12.4. The lowest BCUT2D eigenvalue weighted by Crippen LogP contribution is -2.45. The van der Waals surface area contributed by atoms with Crippen LogP contribution in [0.5, 0.6) is 0 Å². The minimum absolute atomic E-state index is 0.0426. The summed E-state index contributed by atoms with van der Waals surface area (Å²) in [6, 6.07) is 10.2. The smallest absolute Gasteiger partial charge is 0.255 e. The second-order valence-electron chi connectivity index (χ2n) is 7.29. The summed E-state index contributed by atoms with van der Waals surface area (Å²) in [6.45, 7) is 5.64. The van der Waals surface area contributed by atoms with E-state index in [-0.39, 0.29) is 23.9 Å². The number of rotatable bonds is 5. The third-order valence-corrected chi connectivity index (χ3v) is 5.25. The van der Waals surface area contributed by atoms with E-state index in [0.29, 0.717) is 16.8 Å². The number of anilines is 2. The van der Waals surface area contributed by atoms with Gasteiger partial charge in [-0.2, -0.15) is 0 Å². The molecular formula is C20H25N3O4S. The van der Waals surface area contributed by atoms with Gasteiger partial charge in [0.25, 0.3) is 5.91 Å². The number of ether oxygens (including phenoxy) is 1. The van der Waals surface area contributed by atoms with Gasteiger partial charge in [-0.1, -0.05) is 12.1 Å². The van der Waals surface area contributed by atoms with Crippen LogP contribution in [-0.4, -0.2) is 50.9 Å². The number of sulfone groups is 1.